The highest BCUT2D eigenvalue weighted by Crippen LogP contribution is 2.25. The maximum Gasteiger partial charge on any atom is 0.00428 e. The van der Waals surface area contributed by atoms with Crippen molar-refractivity contribution < 1.29 is 1.43 Å². The molecule has 0 aromatic carbocycles. The monoisotopic (exact) mass is 139 g/mol. The zero-order valence-electron chi connectivity index (χ0n) is 6.94. The largest absolute Gasteiger partial charge is 0.367 e. The molecule has 1 heterocycles. The van der Waals surface area contributed by atoms with Crippen molar-refractivity contribution in [2.24, 2.45) is 0 Å². The van der Waals surface area contributed by atoms with Crippen LogP contribution >= 0.6 is 0 Å². The molecule has 1 nitrogen and oxygen atoms in total. The van der Waals surface area contributed by atoms with Crippen LogP contribution in [0.3, 0.4) is 0 Å². The zero-order valence-corrected chi connectivity index (χ0v) is 6.94. The summed E-state index contributed by atoms with van der Waals surface area (Å²) in [5, 5.41) is 0. The van der Waals surface area contributed by atoms with E-state index in [1.165, 1.54) is 12.0 Å². The molecule has 1 N–H and O–H groups in total. The van der Waals surface area contributed by atoms with Crippen LogP contribution in [0.25, 0.3) is 0 Å². The molecular weight excluding hydrogens is 122 g/mol. The third-order valence-corrected chi connectivity index (χ3v) is 2.26. The second-order valence-corrected chi connectivity index (χ2v) is 3.34. The molecule has 0 amide bonds. The molecule has 0 radical (unpaired) electrons. The first kappa shape index (κ1) is 7.39. The van der Waals surface area contributed by atoms with Gasteiger partial charge < -0.3 is 4.98 Å². The number of aromatic amines is 1. The van der Waals surface area contributed by atoms with Crippen LogP contribution in [-0.2, 0) is 5.41 Å². The highest BCUT2D eigenvalue weighted by molar-refractivity contribution is 5.18. The molecule has 1 rings (SSSR count). The number of hydrogen-bond acceptors (Lipinski definition) is 0. The Balaban J connectivity index is 0.000001000. The summed E-state index contributed by atoms with van der Waals surface area (Å²) in [5.41, 5.74) is 1.73. The van der Waals surface area contributed by atoms with Crippen molar-refractivity contribution in [3.05, 3.63) is 24.0 Å². The second-order valence-electron chi connectivity index (χ2n) is 3.34. The molecule has 0 aliphatic heterocycles. The lowest BCUT2D eigenvalue weighted by atomic mass is 9.84. The predicted molar refractivity (Wildman–Crippen MR) is 46.2 cm³/mol. The summed E-state index contributed by atoms with van der Waals surface area (Å²) < 4.78 is 0. The lowest BCUT2D eigenvalue weighted by molar-refractivity contribution is 0.507. The highest BCUT2D eigenvalue weighted by atomic mass is 14.6. The van der Waals surface area contributed by atoms with Gasteiger partial charge in [0.2, 0.25) is 0 Å². The predicted octanol–water partition coefficient (Wildman–Crippen LogP) is 2.95. The van der Waals surface area contributed by atoms with Crippen molar-refractivity contribution in [3.63, 3.8) is 0 Å². The third kappa shape index (κ3) is 1.23. The van der Waals surface area contributed by atoms with Gasteiger partial charge in [0.25, 0.3) is 0 Å². The first-order valence-corrected chi connectivity index (χ1v) is 3.80. The number of H-pyrrole nitrogens is 1. The number of hydrogen-bond donors (Lipinski definition) is 1. The SMILES string of the molecule is CCC(C)(C)c1cc[nH]c1.[HH]. The number of rotatable bonds is 2. The molecule has 0 saturated heterocycles. The van der Waals surface area contributed by atoms with Gasteiger partial charge in [-0.1, -0.05) is 20.8 Å². The summed E-state index contributed by atoms with van der Waals surface area (Å²) in [6.45, 7) is 6.74. The van der Waals surface area contributed by atoms with Crippen molar-refractivity contribution in [1.82, 2.24) is 4.98 Å². The van der Waals surface area contributed by atoms with Crippen LogP contribution in [0.1, 0.15) is 34.2 Å². The molecule has 0 aliphatic rings. The zero-order chi connectivity index (χ0) is 7.61. The minimum absolute atomic E-state index is 0. The second kappa shape index (κ2) is 2.49. The van der Waals surface area contributed by atoms with Crippen LogP contribution in [0.2, 0.25) is 0 Å². The fourth-order valence-electron chi connectivity index (χ4n) is 0.949. The van der Waals surface area contributed by atoms with Gasteiger partial charge in [0.15, 0.2) is 0 Å². The molecule has 1 heteroatoms. The Bertz CT molecular complexity index is 189. The van der Waals surface area contributed by atoms with Crippen LogP contribution < -0.4 is 0 Å². The van der Waals surface area contributed by atoms with Gasteiger partial charge in [0.05, 0.1) is 0 Å². The maximum atomic E-state index is 3.07. The molecule has 1 aromatic rings. The lowest BCUT2D eigenvalue weighted by Gasteiger charge is -2.20. The highest BCUT2D eigenvalue weighted by Gasteiger charge is 2.17. The van der Waals surface area contributed by atoms with E-state index in [1.807, 2.05) is 6.20 Å². The van der Waals surface area contributed by atoms with Gasteiger partial charge in [-0.2, -0.15) is 0 Å². The van der Waals surface area contributed by atoms with Crippen molar-refractivity contribution in [1.29, 1.82) is 0 Å². The summed E-state index contributed by atoms with van der Waals surface area (Å²) in [4.78, 5) is 3.07. The molecule has 0 saturated carbocycles. The Hall–Kier alpha value is -0.720. The van der Waals surface area contributed by atoms with Gasteiger partial charge in [-0.15, -0.1) is 0 Å². The summed E-state index contributed by atoms with van der Waals surface area (Å²) in [7, 11) is 0. The number of nitrogens with one attached hydrogen (secondary N) is 1. The van der Waals surface area contributed by atoms with E-state index in [0.717, 1.165) is 0 Å². The van der Waals surface area contributed by atoms with E-state index in [9.17, 15) is 0 Å². The van der Waals surface area contributed by atoms with Crippen molar-refractivity contribution >= 4 is 0 Å². The summed E-state index contributed by atoms with van der Waals surface area (Å²) in [5.74, 6) is 0. The van der Waals surface area contributed by atoms with Gasteiger partial charge in [0, 0.05) is 13.8 Å². The Labute approximate surface area is 64.0 Å². The molecular formula is C9H17N. The lowest BCUT2D eigenvalue weighted by Crippen LogP contribution is -2.13. The van der Waals surface area contributed by atoms with Crippen LogP contribution in [-0.4, -0.2) is 4.98 Å². The third-order valence-electron chi connectivity index (χ3n) is 2.26. The minimum atomic E-state index is 0. The Morgan fingerprint density at radius 2 is 2.30 bits per heavy atom. The molecule has 0 atom stereocenters. The Kier molecular flexibility index (Phi) is 1.84. The van der Waals surface area contributed by atoms with E-state index in [1.54, 1.807) is 0 Å². The van der Waals surface area contributed by atoms with Gasteiger partial charge in [-0.25, -0.2) is 0 Å². The topological polar surface area (TPSA) is 15.8 Å². The quantitative estimate of drug-likeness (QED) is 0.648. The van der Waals surface area contributed by atoms with Crippen LogP contribution in [0.15, 0.2) is 18.5 Å². The summed E-state index contributed by atoms with van der Waals surface area (Å²) in [6.07, 6.45) is 5.24. The molecule has 0 fully saturated rings. The average molecular weight is 139 g/mol. The fourth-order valence-corrected chi connectivity index (χ4v) is 0.949. The van der Waals surface area contributed by atoms with Gasteiger partial charge in [-0.3, -0.25) is 0 Å². The fraction of sp³-hybridized carbons (Fsp3) is 0.556. The average Bonchev–Trinajstić information content (AvgIpc) is 2.38. The molecule has 0 bridgehead atoms. The molecule has 1 aromatic heterocycles. The van der Waals surface area contributed by atoms with Crippen LogP contribution in [0, 0.1) is 0 Å². The minimum Gasteiger partial charge on any atom is -0.367 e. The Morgan fingerprint density at radius 3 is 2.70 bits per heavy atom. The summed E-state index contributed by atoms with van der Waals surface area (Å²) in [6, 6.07) is 2.14. The normalized spacial score (nSPS) is 11.9. The van der Waals surface area contributed by atoms with Gasteiger partial charge in [0.1, 0.15) is 0 Å². The first-order chi connectivity index (χ1) is 4.67. The molecule has 10 heavy (non-hydrogen) atoms. The van der Waals surface area contributed by atoms with E-state index in [2.05, 4.69) is 38.0 Å². The molecule has 0 spiro atoms. The number of aromatic nitrogens is 1. The van der Waals surface area contributed by atoms with Crippen LogP contribution in [0.5, 0.6) is 0 Å². The molecule has 0 unspecified atom stereocenters. The van der Waals surface area contributed by atoms with Crippen molar-refractivity contribution in [2.45, 2.75) is 32.6 Å². The van der Waals surface area contributed by atoms with Crippen molar-refractivity contribution in [2.75, 3.05) is 0 Å². The molecule has 0 aliphatic carbocycles. The first-order valence-electron chi connectivity index (χ1n) is 3.80. The van der Waals surface area contributed by atoms with E-state index in [4.69, 9.17) is 0 Å². The van der Waals surface area contributed by atoms with E-state index >= 15 is 0 Å². The molecule has 58 valence electrons. The standard InChI is InChI=1S/C9H15N.H2/c1-4-9(2,3)8-5-6-10-7-8;/h5-7,10H,4H2,1-3H3;1H. The summed E-state index contributed by atoms with van der Waals surface area (Å²) >= 11 is 0. The van der Waals surface area contributed by atoms with E-state index in [-0.39, 0.29) is 1.43 Å². The van der Waals surface area contributed by atoms with Gasteiger partial charge in [-0.05, 0) is 23.5 Å². The van der Waals surface area contributed by atoms with E-state index in [0.29, 0.717) is 5.41 Å². The van der Waals surface area contributed by atoms with Crippen molar-refractivity contribution in [3.8, 4) is 0 Å². The van der Waals surface area contributed by atoms with Crippen LogP contribution in [0.4, 0.5) is 0 Å². The van der Waals surface area contributed by atoms with Gasteiger partial charge >= 0.3 is 0 Å². The Morgan fingerprint density at radius 1 is 1.60 bits per heavy atom. The smallest absolute Gasteiger partial charge is 0.00428 e. The van der Waals surface area contributed by atoms with E-state index < -0.39 is 0 Å². The maximum absolute atomic E-state index is 3.07.